The molecule has 3 nitrogen and oxygen atoms in total. The third-order valence-electron chi connectivity index (χ3n) is 7.90. The molecule has 8 aromatic rings. The Morgan fingerprint density at radius 2 is 0.854 bits per heavy atom. The molecule has 0 amide bonds. The van der Waals surface area contributed by atoms with Gasteiger partial charge in [0.2, 0.25) is 0 Å². The van der Waals surface area contributed by atoms with Crippen molar-refractivity contribution in [3.8, 4) is 28.6 Å². The molecule has 0 saturated carbocycles. The lowest BCUT2D eigenvalue weighted by Gasteiger charge is -2.13. The molecular formula is C37H23BN3. The average molecular weight is 520 g/mol. The number of hydrogen-bond donors (Lipinski definition) is 0. The van der Waals surface area contributed by atoms with E-state index in [-0.39, 0.29) is 8.41 Å². The monoisotopic (exact) mass is 520 g/mol. The first-order valence-electron chi connectivity index (χ1n) is 13.4. The van der Waals surface area contributed by atoms with E-state index in [1.165, 1.54) is 32.6 Å². The molecule has 0 saturated heterocycles. The van der Waals surface area contributed by atoms with Gasteiger partial charge in [0.25, 0.3) is 0 Å². The van der Waals surface area contributed by atoms with Gasteiger partial charge in [-0.2, -0.15) is 5.26 Å². The molecule has 0 atom stereocenters. The maximum Gasteiger partial charge on any atom is 0.0992 e. The lowest BCUT2D eigenvalue weighted by Crippen LogP contribution is -1.97. The van der Waals surface area contributed by atoms with Crippen LogP contribution in [0.2, 0.25) is 0 Å². The fourth-order valence-electron chi connectivity index (χ4n) is 6.20. The summed E-state index contributed by atoms with van der Waals surface area (Å²) >= 11 is 0. The maximum absolute atomic E-state index is 10.0. The second kappa shape index (κ2) is 9.59. The summed E-state index contributed by atoms with van der Waals surface area (Å²) in [6, 6.07) is 51.2. The summed E-state index contributed by atoms with van der Waals surface area (Å²) in [5, 5.41) is 14.9. The molecule has 6 aromatic carbocycles. The van der Waals surface area contributed by atoms with Crippen molar-refractivity contribution < 1.29 is 0 Å². The van der Waals surface area contributed by atoms with Gasteiger partial charge in [0.15, 0.2) is 0 Å². The van der Waals surface area contributed by atoms with E-state index >= 15 is 0 Å². The highest BCUT2D eigenvalue weighted by Crippen LogP contribution is 2.36. The Morgan fingerprint density at radius 3 is 1.34 bits per heavy atom. The van der Waals surface area contributed by atoms with Crippen molar-refractivity contribution in [1.29, 1.82) is 5.26 Å². The van der Waals surface area contributed by atoms with Crippen LogP contribution in [0.5, 0.6) is 0 Å². The minimum absolute atomic E-state index is 0. The molecule has 0 aliphatic heterocycles. The van der Waals surface area contributed by atoms with Crippen LogP contribution in [0.3, 0.4) is 0 Å². The van der Waals surface area contributed by atoms with Crippen LogP contribution in [-0.2, 0) is 0 Å². The Bertz CT molecular complexity index is 2190. The third-order valence-corrected chi connectivity index (χ3v) is 7.90. The van der Waals surface area contributed by atoms with E-state index in [0.717, 1.165) is 33.5 Å². The van der Waals surface area contributed by atoms with Crippen LogP contribution >= 0.6 is 0 Å². The van der Waals surface area contributed by atoms with Gasteiger partial charge in [-0.1, -0.05) is 84.9 Å². The molecule has 0 bridgehead atoms. The van der Waals surface area contributed by atoms with Crippen LogP contribution in [0.4, 0.5) is 0 Å². The molecule has 0 fully saturated rings. The van der Waals surface area contributed by atoms with Crippen molar-refractivity contribution in [2.75, 3.05) is 0 Å². The summed E-state index contributed by atoms with van der Waals surface area (Å²) in [5.41, 5.74) is 9.40. The molecule has 0 aliphatic rings. The van der Waals surface area contributed by atoms with Gasteiger partial charge in [-0.25, -0.2) is 0 Å². The Hall–Kier alpha value is -5.53. The summed E-state index contributed by atoms with van der Waals surface area (Å²) in [4.78, 5) is 0. The van der Waals surface area contributed by atoms with E-state index in [9.17, 15) is 5.26 Å². The zero-order valence-electron chi connectivity index (χ0n) is 22.2. The number of para-hydroxylation sites is 4. The first kappa shape index (κ1) is 24.5. The molecule has 189 valence electrons. The molecule has 0 N–H and O–H groups in total. The second-order valence-electron chi connectivity index (χ2n) is 10.2. The first-order chi connectivity index (χ1) is 19.8. The van der Waals surface area contributed by atoms with Gasteiger partial charge in [0, 0.05) is 41.3 Å². The summed E-state index contributed by atoms with van der Waals surface area (Å²) in [6.07, 6.45) is 0. The zero-order valence-corrected chi connectivity index (χ0v) is 22.2. The van der Waals surface area contributed by atoms with Crippen molar-refractivity contribution in [3.05, 3.63) is 145 Å². The van der Waals surface area contributed by atoms with Crippen molar-refractivity contribution in [1.82, 2.24) is 9.13 Å². The highest BCUT2D eigenvalue weighted by molar-refractivity contribution is 6.10. The molecule has 8 rings (SSSR count). The molecule has 3 radical (unpaired) electrons. The van der Waals surface area contributed by atoms with E-state index in [2.05, 4.69) is 143 Å². The van der Waals surface area contributed by atoms with E-state index in [1.807, 2.05) is 12.1 Å². The number of rotatable bonds is 3. The summed E-state index contributed by atoms with van der Waals surface area (Å²) in [7, 11) is 0. The molecule has 0 aliphatic carbocycles. The molecule has 2 heterocycles. The van der Waals surface area contributed by atoms with Gasteiger partial charge in [0.1, 0.15) is 0 Å². The fraction of sp³-hybridized carbons (Fsp3) is 0. The highest BCUT2D eigenvalue weighted by Gasteiger charge is 2.15. The minimum atomic E-state index is 0. The average Bonchev–Trinajstić information content (AvgIpc) is 3.54. The number of fused-ring (bicyclic) bond motifs is 6. The van der Waals surface area contributed by atoms with Crippen LogP contribution < -0.4 is 0 Å². The molecule has 41 heavy (non-hydrogen) atoms. The van der Waals surface area contributed by atoms with E-state index in [1.54, 1.807) is 0 Å². The van der Waals surface area contributed by atoms with Crippen molar-refractivity contribution in [2.24, 2.45) is 0 Å². The van der Waals surface area contributed by atoms with E-state index < -0.39 is 0 Å². The Balaban J connectivity index is 0.00000276. The normalized spacial score (nSPS) is 11.2. The quantitative estimate of drug-likeness (QED) is 0.214. The number of aromatic nitrogens is 2. The Kier molecular flexibility index (Phi) is 5.73. The van der Waals surface area contributed by atoms with E-state index in [4.69, 9.17) is 0 Å². The predicted octanol–water partition coefficient (Wildman–Crippen LogP) is 9.04. The molecule has 2 aromatic heterocycles. The highest BCUT2D eigenvalue weighted by atomic mass is 15.0. The van der Waals surface area contributed by atoms with E-state index in [0.29, 0.717) is 5.56 Å². The smallest absolute Gasteiger partial charge is 0.0992 e. The molecule has 0 unspecified atom stereocenters. The summed E-state index contributed by atoms with van der Waals surface area (Å²) in [5.74, 6) is 0. The van der Waals surface area contributed by atoms with Gasteiger partial charge < -0.3 is 9.13 Å². The SMILES string of the molecule is N#Cc1cc(-c2cccc(-n3c4ccccc4c4ccccc43)c2)cc(-n2c3ccccc3c3ccccc32)c1.[B]. The zero-order chi connectivity index (χ0) is 26.6. The number of nitriles is 1. The summed E-state index contributed by atoms with van der Waals surface area (Å²) < 4.78 is 4.60. The number of hydrogen-bond acceptors (Lipinski definition) is 1. The topological polar surface area (TPSA) is 33.6 Å². The standard InChI is InChI=1S/C37H23N3.B/c38-24-25-20-27(23-29(21-25)40-36-18-7-3-14-32(36)33-15-4-8-19-37(33)40)26-10-9-11-28(22-26)39-34-16-5-1-12-30(34)31-13-2-6-17-35(31)39;/h1-23H;. The van der Waals surface area contributed by atoms with Crippen LogP contribution in [0.15, 0.2) is 140 Å². The number of benzene rings is 6. The van der Waals surface area contributed by atoms with Crippen LogP contribution in [0.25, 0.3) is 66.1 Å². The van der Waals surface area contributed by atoms with Gasteiger partial charge in [0.05, 0.1) is 33.7 Å². The third kappa shape index (κ3) is 3.75. The molecular weight excluding hydrogens is 497 g/mol. The van der Waals surface area contributed by atoms with Gasteiger partial charge in [-0.15, -0.1) is 0 Å². The maximum atomic E-state index is 10.0. The largest absolute Gasteiger partial charge is 0.309 e. The summed E-state index contributed by atoms with van der Waals surface area (Å²) in [6.45, 7) is 0. The second-order valence-corrected chi connectivity index (χ2v) is 10.2. The van der Waals surface area contributed by atoms with Crippen molar-refractivity contribution in [2.45, 2.75) is 0 Å². The minimum Gasteiger partial charge on any atom is -0.309 e. The van der Waals surface area contributed by atoms with Crippen LogP contribution in [0.1, 0.15) is 5.56 Å². The lowest BCUT2D eigenvalue weighted by molar-refractivity contribution is 1.17. The van der Waals surface area contributed by atoms with Gasteiger partial charge in [-0.05, 0) is 65.7 Å². The Morgan fingerprint density at radius 1 is 0.415 bits per heavy atom. The molecule has 0 spiro atoms. The van der Waals surface area contributed by atoms with Gasteiger partial charge in [-0.3, -0.25) is 0 Å². The van der Waals surface area contributed by atoms with Crippen molar-refractivity contribution in [3.63, 3.8) is 0 Å². The Labute approximate surface area is 239 Å². The lowest BCUT2D eigenvalue weighted by atomic mass is 10.0. The predicted molar refractivity (Wildman–Crippen MR) is 171 cm³/mol. The van der Waals surface area contributed by atoms with Gasteiger partial charge >= 0.3 is 0 Å². The fourth-order valence-corrected chi connectivity index (χ4v) is 6.20. The number of nitrogens with zero attached hydrogens (tertiary/aromatic N) is 3. The first-order valence-corrected chi connectivity index (χ1v) is 13.4. The van der Waals surface area contributed by atoms with Crippen LogP contribution in [-0.4, -0.2) is 17.5 Å². The van der Waals surface area contributed by atoms with Crippen LogP contribution in [0, 0.1) is 11.3 Å². The molecule has 4 heteroatoms. The van der Waals surface area contributed by atoms with Crippen molar-refractivity contribution >= 4 is 52.0 Å².